The molecule has 1 aromatic heterocycles. The van der Waals surface area contributed by atoms with Crippen LogP contribution >= 0.6 is 0 Å². The van der Waals surface area contributed by atoms with Gasteiger partial charge in [-0.25, -0.2) is 4.98 Å². The smallest absolute Gasteiger partial charge is 0.256 e. The number of aryl methyl sites for hydroxylation is 1. The van der Waals surface area contributed by atoms with Crippen LogP contribution in [0.1, 0.15) is 29.3 Å². The number of rotatable bonds is 5. The molecule has 0 aliphatic heterocycles. The first kappa shape index (κ1) is 14.2. The number of nitrogens with one attached hydrogen (secondary N) is 1. The molecule has 1 amide bonds. The third-order valence-electron chi connectivity index (χ3n) is 3.09. The van der Waals surface area contributed by atoms with E-state index < -0.39 is 11.9 Å². The number of halogens is 1. The van der Waals surface area contributed by atoms with Crippen LogP contribution in [0, 0.1) is 5.95 Å². The predicted molar refractivity (Wildman–Crippen MR) is 75.9 cm³/mol. The topological polar surface area (TPSA) is 42.0 Å². The highest BCUT2D eigenvalue weighted by atomic mass is 19.1. The number of hydrogen-bond acceptors (Lipinski definition) is 2. The molecule has 1 atom stereocenters. The van der Waals surface area contributed by atoms with Crippen LogP contribution in [0.2, 0.25) is 0 Å². The van der Waals surface area contributed by atoms with E-state index >= 15 is 0 Å². The van der Waals surface area contributed by atoms with Crippen LogP contribution in [0.15, 0.2) is 48.7 Å². The number of aromatic nitrogens is 1. The van der Waals surface area contributed by atoms with Crippen LogP contribution in [-0.2, 0) is 6.42 Å². The molecule has 2 aromatic rings. The fourth-order valence-corrected chi connectivity index (χ4v) is 1.96. The Labute approximate surface area is 117 Å². The molecule has 0 fully saturated rings. The molecule has 0 bridgehead atoms. The van der Waals surface area contributed by atoms with Crippen molar-refractivity contribution in [1.29, 1.82) is 0 Å². The Hall–Kier alpha value is -2.23. The molecule has 20 heavy (non-hydrogen) atoms. The van der Waals surface area contributed by atoms with Gasteiger partial charge in [-0.2, -0.15) is 4.39 Å². The fraction of sp³-hybridized carbons (Fsp3) is 0.250. The molecular formula is C16H17FN2O. The lowest BCUT2D eigenvalue weighted by Gasteiger charge is -2.14. The zero-order chi connectivity index (χ0) is 14.4. The Morgan fingerprint density at radius 2 is 2.00 bits per heavy atom. The van der Waals surface area contributed by atoms with E-state index in [2.05, 4.69) is 22.4 Å². The summed E-state index contributed by atoms with van der Waals surface area (Å²) in [6.45, 7) is 1.91. The van der Waals surface area contributed by atoms with Gasteiger partial charge in [0.05, 0.1) is 5.56 Å². The Kier molecular flexibility index (Phi) is 4.82. The lowest BCUT2D eigenvalue weighted by Crippen LogP contribution is -2.33. The molecule has 0 aliphatic rings. The van der Waals surface area contributed by atoms with Gasteiger partial charge in [0.15, 0.2) is 0 Å². The van der Waals surface area contributed by atoms with E-state index in [-0.39, 0.29) is 11.6 Å². The van der Waals surface area contributed by atoms with Crippen molar-refractivity contribution in [2.75, 3.05) is 0 Å². The molecule has 1 unspecified atom stereocenters. The summed E-state index contributed by atoms with van der Waals surface area (Å²) in [5.41, 5.74) is 1.21. The third-order valence-corrected chi connectivity index (χ3v) is 3.09. The van der Waals surface area contributed by atoms with E-state index in [1.54, 1.807) is 6.07 Å². The molecule has 1 heterocycles. The van der Waals surface area contributed by atoms with Crippen LogP contribution in [0.25, 0.3) is 0 Å². The molecule has 2 rings (SSSR count). The van der Waals surface area contributed by atoms with Crippen LogP contribution in [-0.4, -0.2) is 16.9 Å². The standard InChI is InChI=1S/C16H17FN2O/c1-12(9-10-13-6-3-2-4-7-13)19-16(20)14-8-5-11-18-15(14)17/h2-8,11-12H,9-10H2,1H3,(H,19,20). The summed E-state index contributed by atoms with van der Waals surface area (Å²) in [5, 5.41) is 2.79. The van der Waals surface area contributed by atoms with Gasteiger partial charge in [0.25, 0.3) is 5.91 Å². The van der Waals surface area contributed by atoms with E-state index in [1.165, 1.54) is 17.8 Å². The number of carbonyl (C=O) groups is 1. The number of carbonyl (C=O) groups excluding carboxylic acids is 1. The lowest BCUT2D eigenvalue weighted by atomic mass is 10.1. The van der Waals surface area contributed by atoms with Gasteiger partial charge in [-0.1, -0.05) is 30.3 Å². The lowest BCUT2D eigenvalue weighted by molar-refractivity contribution is 0.0933. The summed E-state index contributed by atoms with van der Waals surface area (Å²) in [6.07, 6.45) is 3.00. The first-order valence-corrected chi connectivity index (χ1v) is 6.62. The van der Waals surface area contributed by atoms with Gasteiger partial charge in [0, 0.05) is 12.2 Å². The van der Waals surface area contributed by atoms with Crippen LogP contribution in [0.3, 0.4) is 0 Å². The summed E-state index contributed by atoms with van der Waals surface area (Å²) >= 11 is 0. The second kappa shape index (κ2) is 6.80. The minimum atomic E-state index is -0.736. The second-order valence-electron chi connectivity index (χ2n) is 4.74. The molecule has 3 nitrogen and oxygen atoms in total. The Balaban J connectivity index is 1.87. The zero-order valence-electron chi connectivity index (χ0n) is 11.3. The number of nitrogens with zero attached hydrogens (tertiary/aromatic N) is 1. The maximum Gasteiger partial charge on any atom is 0.256 e. The molecule has 1 aromatic carbocycles. The molecule has 0 radical (unpaired) electrons. The molecule has 0 spiro atoms. The van der Waals surface area contributed by atoms with E-state index in [9.17, 15) is 9.18 Å². The van der Waals surface area contributed by atoms with Gasteiger partial charge in [0.2, 0.25) is 5.95 Å². The van der Waals surface area contributed by atoms with E-state index in [0.717, 1.165) is 12.8 Å². The van der Waals surface area contributed by atoms with Crippen molar-refractivity contribution >= 4 is 5.91 Å². The highest BCUT2D eigenvalue weighted by molar-refractivity contribution is 5.94. The highest BCUT2D eigenvalue weighted by Gasteiger charge is 2.14. The maximum absolute atomic E-state index is 13.4. The van der Waals surface area contributed by atoms with Gasteiger partial charge in [-0.05, 0) is 37.5 Å². The van der Waals surface area contributed by atoms with Gasteiger partial charge >= 0.3 is 0 Å². The average Bonchev–Trinajstić information content (AvgIpc) is 2.46. The minimum Gasteiger partial charge on any atom is -0.349 e. The molecule has 0 aliphatic carbocycles. The van der Waals surface area contributed by atoms with Crippen LogP contribution in [0.5, 0.6) is 0 Å². The summed E-state index contributed by atoms with van der Waals surface area (Å²) in [6, 6.07) is 13.0. The second-order valence-corrected chi connectivity index (χ2v) is 4.74. The summed E-state index contributed by atoms with van der Waals surface area (Å²) in [4.78, 5) is 15.4. The molecular weight excluding hydrogens is 255 g/mol. The number of benzene rings is 1. The normalized spacial score (nSPS) is 11.9. The van der Waals surface area contributed by atoms with E-state index in [1.807, 2.05) is 25.1 Å². The van der Waals surface area contributed by atoms with Crippen molar-refractivity contribution < 1.29 is 9.18 Å². The Morgan fingerprint density at radius 3 is 2.70 bits per heavy atom. The SMILES string of the molecule is CC(CCc1ccccc1)NC(=O)c1cccnc1F. The van der Waals surface area contributed by atoms with Gasteiger partial charge in [-0.15, -0.1) is 0 Å². The Bertz CT molecular complexity index is 572. The fourth-order valence-electron chi connectivity index (χ4n) is 1.96. The van der Waals surface area contributed by atoms with Crippen molar-refractivity contribution in [2.45, 2.75) is 25.8 Å². The molecule has 1 N–H and O–H groups in total. The monoisotopic (exact) mass is 272 g/mol. The van der Waals surface area contributed by atoms with Crippen molar-refractivity contribution in [3.05, 3.63) is 65.7 Å². The average molecular weight is 272 g/mol. The van der Waals surface area contributed by atoms with Crippen LogP contribution in [0.4, 0.5) is 4.39 Å². The molecule has 0 saturated carbocycles. The summed E-state index contributed by atoms with van der Waals surface area (Å²) in [5.74, 6) is -1.16. The quantitative estimate of drug-likeness (QED) is 0.850. The van der Waals surface area contributed by atoms with E-state index in [0.29, 0.717) is 0 Å². The third kappa shape index (κ3) is 3.88. The van der Waals surface area contributed by atoms with Gasteiger partial charge < -0.3 is 5.32 Å². The number of hydrogen-bond donors (Lipinski definition) is 1. The Morgan fingerprint density at radius 1 is 1.25 bits per heavy atom. The van der Waals surface area contributed by atoms with Crippen molar-refractivity contribution in [3.8, 4) is 0 Å². The molecule has 0 saturated heterocycles. The minimum absolute atomic E-state index is 0.0148. The first-order valence-electron chi connectivity index (χ1n) is 6.62. The summed E-state index contributed by atoms with van der Waals surface area (Å²) in [7, 11) is 0. The van der Waals surface area contributed by atoms with Crippen molar-refractivity contribution in [3.63, 3.8) is 0 Å². The van der Waals surface area contributed by atoms with Gasteiger partial charge in [0.1, 0.15) is 0 Å². The van der Waals surface area contributed by atoms with E-state index in [4.69, 9.17) is 0 Å². The first-order chi connectivity index (χ1) is 9.66. The highest BCUT2D eigenvalue weighted by Crippen LogP contribution is 2.07. The zero-order valence-corrected chi connectivity index (χ0v) is 11.3. The summed E-state index contributed by atoms with van der Waals surface area (Å²) < 4.78 is 13.4. The van der Waals surface area contributed by atoms with Crippen molar-refractivity contribution in [1.82, 2.24) is 10.3 Å². The number of amides is 1. The number of pyridine rings is 1. The predicted octanol–water partition coefficient (Wildman–Crippen LogP) is 2.97. The van der Waals surface area contributed by atoms with Crippen molar-refractivity contribution in [2.24, 2.45) is 0 Å². The van der Waals surface area contributed by atoms with Crippen LogP contribution < -0.4 is 5.32 Å². The van der Waals surface area contributed by atoms with Gasteiger partial charge in [-0.3, -0.25) is 4.79 Å². The molecule has 4 heteroatoms. The maximum atomic E-state index is 13.4. The largest absolute Gasteiger partial charge is 0.349 e. The molecule has 104 valence electrons.